The largest absolute Gasteiger partial charge is 0.491 e. The predicted octanol–water partition coefficient (Wildman–Crippen LogP) is 4.59. The van der Waals surface area contributed by atoms with Gasteiger partial charge in [0.15, 0.2) is 11.6 Å². The summed E-state index contributed by atoms with van der Waals surface area (Å²) in [5, 5.41) is 0. The molecular weight excluding hydrogens is 286 g/mol. The van der Waals surface area contributed by atoms with Gasteiger partial charge in [0.2, 0.25) is 5.82 Å². The van der Waals surface area contributed by atoms with Crippen LogP contribution < -0.4 is 4.74 Å². The van der Waals surface area contributed by atoms with E-state index in [1.54, 1.807) is 19.9 Å². The van der Waals surface area contributed by atoms with Gasteiger partial charge in [-0.3, -0.25) is 0 Å². The lowest BCUT2D eigenvalue weighted by atomic mass is 9.94. The molecule has 1 fully saturated rings. The maximum absolute atomic E-state index is 14.2. The summed E-state index contributed by atoms with van der Waals surface area (Å²) in [6.07, 6.45) is 5.20. The zero-order valence-corrected chi connectivity index (χ0v) is 13.3. The SMILES string of the molecule is C=CC1CCC(CCc2c(C)cc(OCC)c(F)c2F)OC1. The Morgan fingerprint density at radius 1 is 1.36 bits per heavy atom. The van der Waals surface area contributed by atoms with Crippen molar-refractivity contribution in [2.45, 2.75) is 45.6 Å². The molecule has 1 aromatic carbocycles. The van der Waals surface area contributed by atoms with Crippen LogP contribution in [0.3, 0.4) is 0 Å². The minimum absolute atomic E-state index is 0.0102. The number of hydrogen-bond donors (Lipinski definition) is 0. The summed E-state index contributed by atoms with van der Waals surface area (Å²) in [5.41, 5.74) is 1.15. The molecule has 0 N–H and O–H groups in total. The van der Waals surface area contributed by atoms with Crippen molar-refractivity contribution in [3.8, 4) is 5.75 Å². The third kappa shape index (κ3) is 3.86. The van der Waals surface area contributed by atoms with Gasteiger partial charge in [-0.15, -0.1) is 6.58 Å². The molecular formula is C18H24F2O2. The van der Waals surface area contributed by atoms with Crippen molar-refractivity contribution < 1.29 is 18.3 Å². The van der Waals surface area contributed by atoms with E-state index in [0.717, 1.165) is 18.4 Å². The quantitative estimate of drug-likeness (QED) is 0.716. The van der Waals surface area contributed by atoms with Crippen molar-refractivity contribution in [3.05, 3.63) is 41.5 Å². The molecule has 1 saturated heterocycles. The highest BCUT2D eigenvalue weighted by Crippen LogP contribution is 2.29. The fraction of sp³-hybridized carbons (Fsp3) is 0.556. The third-order valence-corrected chi connectivity index (χ3v) is 4.25. The zero-order chi connectivity index (χ0) is 16.1. The fourth-order valence-corrected chi connectivity index (χ4v) is 2.87. The molecule has 1 aliphatic heterocycles. The van der Waals surface area contributed by atoms with Gasteiger partial charge < -0.3 is 9.47 Å². The summed E-state index contributed by atoms with van der Waals surface area (Å²) >= 11 is 0. The molecule has 0 aromatic heterocycles. The molecule has 2 nitrogen and oxygen atoms in total. The van der Waals surface area contributed by atoms with Gasteiger partial charge in [-0.2, -0.15) is 4.39 Å². The number of aryl methyl sites for hydroxylation is 1. The second kappa shape index (κ2) is 7.73. The van der Waals surface area contributed by atoms with Crippen LogP contribution in [0.5, 0.6) is 5.75 Å². The Bertz CT molecular complexity index is 520. The molecule has 2 unspecified atom stereocenters. The van der Waals surface area contributed by atoms with Gasteiger partial charge in [0.1, 0.15) is 0 Å². The lowest BCUT2D eigenvalue weighted by Crippen LogP contribution is -2.25. The first-order valence-electron chi connectivity index (χ1n) is 7.91. The van der Waals surface area contributed by atoms with Crippen LogP contribution in [-0.4, -0.2) is 19.3 Å². The lowest BCUT2D eigenvalue weighted by Gasteiger charge is -2.27. The van der Waals surface area contributed by atoms with Gasteiger partial charge >= 0.3 is 0 Å². The smallest absolute Gasteiger partial charge is 0.200 e. The van der Waals surface area contributed by atoms with E-state index in [9.17, 15) is 8.78 Å². The Kier molecular flexibility index (Phi) is 5.95. The summed E-state index contributed by atoms with van der Waals surface area (Å²) in [6, 6.07) is 1.58. The van der Waals surface area contributed by atoms with Crippen LogP contribution in [0.1, 0.15) is 37.3 Å². The third-order valence-electron chi connectivity index (χ3n) is 4.25. The Labute approximate surface area is 131 Å². The van der Waals surface area contributed by atoms with Crippen LogP contribution in [0.25, 0.3) is 0 Å². The van der Waals surface area contributed by atoms with E-state index >= 15 is 0 Å². The molecule has 1 aliphatic rings. The minimum Gasteiger partial charge on any atom is -0.491 e. The summed E-state index contributed by atoms with van der Waals surface area (Å²) in [4.78, 5) is 0. The number of benzene rings is 1. The van der Waals surface area contributed by atoms with Crippen LogP contribution in [-0.2, 0) is 11.2 Å². The first-order valence-corrected chi connectivity index (χ1v) is 7.91. The predicted molar refractivity (Wildman–Crippen MR) is 83.2 cm³/mol. The monoisotopic (exact) mass is 310 g/mol. The molecule has 0 spiro atoms. The highest BCUT2D eigenvalue weighted by Gasteiger charge is 2.22. The van der Waals surface area contributed by atoms with Crippen molar-refractivity contribution >= 4 is 0 Å². The van der Waals surface area contributed by atoms with Gasteiger partial charge in [-0.1, -0.05) is 6.08 Å². The van der Waals surface area contributed by atoms with Crippen molar-refractivity contribution in [2.75, 3.05) is 13.2 Å². The van der Waals surface area contributed by atoms with Gasteiger partial charge in [0.05, 0.1) is 19.3 Å². The average Bonchev–Trinajstić information content (AvgIpc) is 2.53. The number of halogens is 2. The number of rotatable bonds is 6. The maximum atomic E-state index is 14.2. The van der Waals surface area contributed by atoms with E-state index in [0.29, 0.717) is 37.5 Å². The zero-order valence-electron chi connectivity index (χ0n) is 13.3. The molecule has 0 aliphatic carbocycles. The normalized spacial score (nSPS) is 21.6. The van der Waals surface area contributed by atoms with Crippen LogP contribution in [0, 0.1) is 24.5 Å². The highest BCUT2D eigenvalue weighted by atomic mass is 19.2. The number of hydrogen-bond acceptors (Lipinski definition) is 2. The van der Waals surface area contributed by atoms with Crippen LogP contribution >= 0.6 is 0 Å². The van der Waals surface area contributed by atoms with Crippen LogP contribution in [0.2, 0.25) is 0 Å². The molecule has 0 bridgehead atoms. The molecule has 22 heavy (non-hydrogen) atoms. The standard InChI is InChI=1S/C18H24F2O2/c1-4-13-6-7-14(22-11-13)8-9-15-12(3)10-16(21-5-2)18(20)17(15)19/h4,10,13-14H,1,5-9,11H2,2-3H3. The van der Waals surface area contributed by atoms with E-state index in [1.807, 2.05) is 6.08 Å². The van der Waals surface area contributed by atoms with Crippen molar-refractivity contribution in [1.29, 1.82) is 0 Å². The second-order valence-corrected chi connectivity index (χ2v) is 5.80. The van der Waals surface area contributed by atoms with Crippen molar-refractivity contribution in [2.24, 2.45) is 5.92 Å². The van der Waals surface area contributed by atoms with E-state index < -0.39 is 11.6 Å². The topological polar surface area (TPSA) is 18.5 Å². The Morgan fingerprint density at radius 2 is 2.14 bits per heavy atom. The van der Waals surface area contributed by atoms with Crippen molar-refractivity contribution in [3.63, 3.8) is 0 Å². The first-order chi connectivity index (χ1) is 10.6. The van der Waals surface area contributed by atoms with Crippen LogP contribution in [0.4, 0.5) is 8.78 Å². The Balaban J connectivity index is 2.01. The fourth-order valence-electron chi connectivity index (χ4n) is 2.87. The first kappa shape index (κ1) is 16.9. The summed E-state index contributed by atoms with van der Waals surface area (Å²) < 4.78 is 39.0. The average molecular weight is 310 g/mol. The highest BCUT2D eigenvalue weighted by molar-refractivity contribution is 5.38. The van der Waals surface area contributed by atoms with E-state index in [1.165, 1.54) is 0 Å². The second-order valence-electron chi connectivity index (χ2n) is 5.80. The number of ether oxygens (including phenoxy) is 2. The Hall–Kier alpha value is -1.42. The Morgan fingerprint density at radius 3 is 2.73 bits per heavy atom. The maximum Gasteiger partial charge on any atom is 0.200 e. The van der Waals surface area contributed by atoms with Crippen molar-refractivity contribution in [1.82, 2.24) is 0 Å². The van der Waals surface area contributed by atoms with Gasteiger partial charge in [0.25, 0.3) is 0 Å². The van der Waals surface area contributed by atoms with E-state index in [2.05, 4.69) is 6.58 Å². The molecule has 2 rings (SSSR count). The summed E-state index contributed by atoms with van der Waals surface area (Å²) in [6.45, 7) is 8.30. The molecule has 0 amide bonds. The molecule has 2 atom stereocenters. The molecule has 0 saturated carbocycles. The lowest BCUT2D eigenvalue weighted by molar-refractivity contribution is -0.00791. The molecule has 1 aromatic rings. The van der Waals surface area contributed by atoms with Gasteiger partial charge in [-0.05, 0) is 56.7 Å². The molecule has 0 radical (unpaired) electrons. The molecule has 1 heterocycles. The van der Waals surface area contributed by atoms with Gasteiger partial charge in [-0.25, -0.2) is 4.39 Å². The molecule has 122 valence electrons. The van der Waals surface area contributed by atoms with Crippen LogP contribution in [0.15, 0.2) is 18.7 Å². The van der Waals surface area contributed by atoms with E-state index in [4.69, 9.17) is 9.47 Å². The summed E-state index contributed by atoms with van der Waals surface area (Å²) in [7, 11) is 0. The van der Waals surface area contributed by atoms with E-state index in [-0.39, 0.29) is 11.9 Å². The summed E-state index contributed by atoms with van der Waals surface area (Å²) in [5.74, 6) is -1.27. The van der Waals surface area contributed by atoms with Gasteiger partial charge in [0, 0.05) is 5.92 Å². The molecule has 4 heteroatoms. The minimum atomic E-state index is -0.890.